The van der Waals surface area contributed by atoms with Crippen LogP contribution in [0.25, 0.3) is 0 Å². The lowest BCUT2D eigenvalue weighted by Gasteiger charge is -2.26. The molecular formula is C19H28N2O5. The number of hydrogen-bond donors (Lipinski definition) is 3. The molecule has 1 aromatic rings. The molecule has 7 nitrogen and oxygen atoms in total. The third kappa shape index (κ3) is 6.48. The third-order valence-electron chi connectivity index (χ3n) is 4.27. The van der Waals surface area contributed by atoms with Gasteiger partial charge in [0.1, 0.15) is 6.04 Å². The minimum absolute atomic E-state index is 0.158. The van der Waals surface area contributed by atoms with Gasteiger partial charge in [-0.15, -0.1) is 0 Å². The summed E-state index contributed by atoms with van der Waals surface area (Å²) in [5.41, 5.74) is 2.47. The molecule has 0 radical (unpaired) electrons. The van der Waals surface area contributed by atoms with Crippen LogP contribution >= 0.6 is 0 Å². The molecule has 0 aliphatic heterocycles. The first-order valence-electron chi connectivity index (χ1n) is 8.66. The highest BCUT2D eigenvalue weighted by atomic mass is 16.5. The van der Waals surface area contributed by atoms with Crippen molar-refractivity contribution in [2.45, 2.75) is 39.7 Å². The molecule has 0 saturated heterocycles. The van der Waals surface area contributed by atoms with E-state index in [0.29, 0.717) is 6.42 Å². The Kier molecular flexibility index (Phi) is 8.78. The summed E-state index contributed by atoms with van der Waals surface area (Å²) in [6, 6.07) is 8.42. The number of ether oxygens (including phenoxy) is 1. The number of esters is 1. The normalized spacial score (nSPS) is 14.2. The molecule has 0 bridgehead atoms. The van der Waals surface area contributed by atoms with Gasteiger partial charge in [0.25, 0.3) is 0 Å². The highest BCUT2D eigenvalue weighted by molar-refractivity contribution is 5.90. The minimum Gasteiger partial charge on any atom is -0.467 e. The first-order valence-corrected chi connectivity index (χ1v) is 8.66. The number of amides is 2. The van der Waals surface area contributed by atoms with Crippen LogP contribution in [0.5, 0.6) is 0 Å². The zero-order chi connectivity index (χ0) is 19.7. The van der Waals surface area contributed by atoms with E-state index in [-0.39, 0.29) is 12.3 Å². The second-order valence-corrected chi connectivity index (χ2v) is 6.77. The van der Waals surface area contributed by atoms with Crippen LogP contribution in [-0.2, 0) is 25.5 Å². The summed E-state index contributed by atoms with van der Waals surface area (Å²) in [7, 11) is 1.26. The second kappa shape index (κ2) is 10.6. The average Bonchev–Trinajstić information content (AvgIpc) is 2.64. The molecule has 1 rings (SSSR count). The topological polar surface area (TPSA) is 105 Å². The molecular weight excluding hydrogens is 336 g/mol. The van der Waals surface area contributed by atoms with Crippen LogP contribution in [0, 0.1) is 17.8 Å². The average molecular weight is 364 g/mol. The Morgan fingerprint density at radius 2 is 1.69 bits per heavy atom. The molecule has 1 unspecified atom stereocenters. The number of nitrogens with one attached hydrogen (secondary N) is 2. The lowest BCUT2D eigenvalue weighted by atomic mass is 9.85. The van der Waals surface area contributed by atoms with Gasteiger partial charge in [-0.05, 0) is 17.9 Å². The summed E-state index contributed by atoms with van der Waals surface area (Å²) >= 11 is 0. The second-order valence-electron chi connectivity index (χ2n) is 6.77. The van der Waals surface area contributed by atoms with Crippen LogP contribution in [0.3, 0.4) is 0 Å². The summed E-state index contributed by atoms with van der Waals surface area (Å²) < 4.78 is 4.80. The monoisotopic (exact) mass is 364 g/mol. The molecule has 26 heavy (non-hydrogen) atoms. The van der Waals surface area contributed by atoms with Gasteiger partial charge in [0.15, 0.2) is 0 Å². The number of methoxy groups -OCH3 is 1. The fourth-order valence-corrected chi connectivity index (χ4v) is 2.79. The summed E-state index contributed by atoms with van der Waals surface area (Å²) in [6.45, 7) is 5.44. The summed E-state index contributed by atoms with van der Waals surface area (Å²) in [5.74, 6) is -2.86. The van der Waals surface area contributed by atoms with Gasteiger partial charge in [-0.2, -0.15) is 0 Å². The van der Waals surface area contributed by atoms with Crippen LogP contribution in [-0.4, -0.2) is 36.1 Å². The minimum atomic E-state index is -0.853. The Hall–Kier alpha value is -2.41. The first kappa shape index (κ1) is 21.6. The van der Waals surface area contributed by atoms with Crippen molar-refractivity contribution in [2.75, 3.05) is 7.11 Å². The van der Waals surface area contributed by atoms with Gasteiger partial charge in [0.05, 0.1) is 7.11 Å². The number of carbonyl (C=O) groups is 3. The molecule has 0 fully saturated rings. The van der Waals surface area contributed by atoms with Crippen molar-refractivity contribution in [1.82, 2.24) is 10.8 Å². The molecule has 0 saturated carbocycles. The summed E-state index contributed by atoms with van der Waals surface area (Å²) in [6.07, 6.45) is 0.730. The highest BCUT2D eigenvalue weighted by Crippen LogP contribution is 2.22. The maximum atomic E-state index is 12.8. The van der Waals surface area contributed by atoms with Gasteiger partial charge < -0.3 is 10.1 Å². The molecule has 0 aliphatic carbocycles. The van der Waals surface area contributed by atoms with E-state index in [0.717, 1.165) is 5.56 Å². The first-order chi connectivity index (χ1) is 12.3. The number of rotatable bonds is 9. The van der Waals surface area contributed by atoms with Gasteiger partial charge in [0, 0.05) is 18.3 Å². The Bertz CT molecular complexity index is 603. The van der Waals surface area contributed by atoms with E-state index < -0.39 is 35.7 Å². The van der Waals surface area contributed by atoms with Crippen LogP contribution in [0.4, 0.5) is 0 Å². The van der Waals surface area contributed by atoms with E-state index in [1.165, 1.54) is 7.11 Å². The van der Waals surface area contributed by atoms with E-state index in [1.807, 2.05) is 44.2 Å². The van der Waals surface area contributed by atoms with Gasteiger partial charge in [-0.3, -0.25) is 14.8 Å². The predicted molar refractivity (Wildman–Crippen MR) is 96.1 cm³/mol. The van der Waals surface area contributed by atoms with Crippen molar-refractivity contribution in [2.24, 2.45) is 17.8 Å². The number of hydroxylamine groups is 1. The molecule has 0 heterocycles. The van der Waals surface area contributed by atoms with E-state index in [2.05, 4.69) is 5.32 Å². The van der Waals surface area contributed by atoms with Gasteiger partial charge in [-0.25, -0.2) is 10.3 Å². The van der Waals surface area contributed by atoms with Crippen LogP contribution in [0.15, 0.2) is 30.3 Å². The van der Waals surface area contributed by atoms with Crippen molar-refractivity contribution in [3.8, 4) is 0 Å². The fraction of sp³-hybridized carbons (Fsp3) is 0.526. The number of carbonyl (C=O) groups excluding carboxylic acids is 3. The Labute approximate surface area is 154 Å². The van der Waals surface area contributed by atoms with E-state index in [4.69, 9.17) is 9.94 Å². The number of hydrogen-bond acceptors (Lipinski definition) is 5. The molecule has 144 valence electrons. The summed E-state index contributed by atoms with van der Waals surface area (Å²) in [5, 5.41) is 11.6. The van der Waals surface area contributed by atoms with Gasteiger partial charge in [-0.1, -0.05) is 51.1 Å². The largest absolute Gasteiger partial charge is 0.467 e. The van der Waals surface area contributed by atoms with E-state index >= 15 is 0 Å². The van der Waals surface area contributed by atoms with Crippen LogP contribution in [0.1, 0.15) is 32.8 Å². The quantitative estimate of drug-likeness (QED) is 0.351. The van der Waals surface area contributed by atoms with Crippen molar-refractivity contribution >= 4 is 17.8 Å². The standard InChI is InChI=1S/C19H28N2O5/c1-12(2)10-15(13(3)17(22)21-25)18(23)20-16(19(24)26-4)11-14-8-6-5-7-9-14/h5-9,12-13,15-16,25H,10-11H2,1-4H3,(H,20,23)(H,21,22)/t13-,15+,16?/m0/s1. The van der Waals surface area contributed by atoms with Crippen molar-refractivity contribution in [3.05, 3.63) is 35.9 Å². The zero-order valence-corrected chi connectivity index (χ0v) is 15.7. The molecule has 3 N–H and O–H groups in total. The van der Waals surface area contributed by atoms with E-state index in [9.17, 15) is 14.4 Å². The van der Waals surface area contributed by atoms with Gasteiger partial charge in [0.2, 0.25) is 11.8 Å². The Balaban J connectivity index is 2.95. The zero-order valence-electron chi connectivity index (χ0n) is 15.7. The van der Waals surface area contributed by atoms with Crippen molar-refractivity contribution in [3.63, 3.8) is 0 Å². The highest BCUT2D eigenvalue weighted by Gasteiger charge is 2.33. The van der Waals surface area contributed by atoms with Crippen molar-refractivity contribution < 1.29 is 24.3 Å². The molecule has 2 amide bonds. The molecule has 3 atom stereocenters. The Morgan fingerprint density at radius 3 is 2.19 bits per heavy atom. The molecule has 7 heteroatoms. The molecule has 0 spiro atoms. The summed E-state index contributed by atoms with van der Waals surface area (Å²) in [4.78, 5) is 36.7. The van der Waals surface area contributed by atoms with Crippen molar-refractivity contribution in [1.29, 1.82) is 0 Å². The SMILES string of the molecule is COC(=O)C(Cc1ccccc1)NC(=O)[C@H](CC(C)C)[C@H](C)C(=O)NO. The maximum absolute atomic E-state index is 12.8. The third-order valence-corrected chi connectivity index (χ3v) is 4.27. The van der Waals surface area contributed by atoms with Crippen LogP contribution in [0.2, 0.25) is 0 Å². The lowest BCUT2D eigenvalue weighted by Crippen LogP contribution is -2.48. The molecule has 0 aliphatic rings. The van der Waals surface area contributed by atoms with E-state index in [1.54, 1.807) is 12.4 Å². The Morgan fingerprint density at radius 1 is 1.08 bits per heavy atom. The van der Waals surface area contributed by atoms with Gasteiger partial charge >= 0.3 is 5.97 Å². The predicted octanol–water partition coefficient (Wildman–Crippen LogP) is 1.69. The fourth-order valence-electron chi connectivity index (χ4n) is 2.79. The lowest BCUT2D eigenvalue weighted by molar-refractivity contribution is -0.146. The number of benzene rings is 1. The molecule has 1 aromatic carbocycles. The smallest absolute Gasteiger partial charge is 0.328 e. The van der Waals surface area contributed by atoms with Crippen LogP contribution < -0.4 is 10.8 Å². The molecule has 0 aromatic heterocycles. The maximum Gasteiger partial charge on any atom is 0.328 e.